The van der Waals surface area contributed by atoms with Crippen molar-refractivity contribution >= 4 is 35.1 Å². The Hall–Kier alpha value is -1.98. The molecule has 2 rings (SSSR count). The number of carbonyl (C=O) groups is 1. The van der Waals surface area contributed by atoms with Gasteiger partial charge in [0.25, 0.3) is 0 Å². The van der Waals surface area contributed by atoms with E-state index in [0.29, 0.717) is 10.9 Å². The van der Waals surface area contributed by atoms with Crippen molar-refractivity contribution in [1.29, 1.82) is 5.26 Å². The molecule has 22 heavy (non-hydrogen) atoms. The Morgan fingerprint density at radius 3 is 2.95 bits per heavy atom. The van der Waals surface area contributed by atoms with Crippen molar-refractivity contribution in [3.05, 3.63) is 30.1 Å². The van der Waals surface area contributed by atoms with Crippen LogP contribution in [0, 0.1) is 11.3 Å². The number of hydrogen-bond donors (Lipinski definition) is 2. The van der Waals surface area contributed by atoms with E-state index in [9.17, 15) is 4.79 Å². The summed E-state index contributed by atoms with van der Waals surface area (Å²) in [5, 5.41) is 18.9. The van der Waals surface area contributed by atoms with Gasteiger partial charge in [-0.3, -0.25) is 9.89 Å². The van der Waals surface area contributed by atoms with Gasteiger partial charge in [-0.1, -0.05) is 30.8 Å². The van der Waals surface area contributed by atoms with E-state index in [4.69, 9.17) is 5.26 Å². The van der Waals surface area contributed by atoms with Crippen molar-refractivity contribution in [3.8, 4) is 6.07 Å². The molecule has 0 fully saturated rings. The van der Waals surface area contributed by atoms with Crippen molar-refractivity contribution in [2.45, 2.75) is 23.4 Å². The van der Waals surface area contributed by atoms with E-state index < -0.39 is 0 Å². The van der Waals surface area contributed by atoms with Gasteiger partial charge in [-0.15, -0.1) is 16.9 Å². The molecular weight excluding hydrogens is 318 g/mol. The van der Waals surface area contributed by atoms with Crippen LogP contribution in [-0.2, 0) is 11.2 Å². The Kier molecular flexibility index (Phi) is 6.30. The van der Waals surface area contributed by atoms with Gasteiger partial charge in [0, 0.05) is 11.3 Å². The summed E-state index contributed by atoms with van der Waals surface area (Å²) in [6, 6.07) is 9.51. The van der Waals surface area contributed by atoms with Crippen molar-refractivity contribution in [1.82, 2.24) is 15.2 Å². The number of hydrogen-bond acceptors (Lipinski definition) is 6. The number of anilines is 1. The number of thioether (sulfide) groups is 2. The van der Waals surface area contributed by atoms with Gasteiger partial charge in [0.05, 0.1) is 23.3 Å². The van der Waals surface area contributed by atoms with Crippen LogP contribution in [0.1, 0.15) is 12.7 Å². The second-order valence-electron chi connectivity index (χ2n) is 4.20. The molecule has 0 saturated heterocycles. The van der Waals surface area contributed by atoms with Crippen LogP contribution in [-0.4, -0.2) is 32.6 Å². The lowest BCUT2D eigenvalue weighted by Gasteiger charge is -2.08. The zero-order valence-corrected chi connectivity index (χ0v) is 13.6. The highest BCUT2D eigenvalue weighted by molar-refractivity contribution is 8.00. The van der Waals surface area contributed by atoms with Crippen LogP contribution in [0.3, 0.4) is 0 Å². The van der Waals surface area contributed by atoms with Crippen LogP contribution in [0.15, 0.2) is 34.3 Å². The number of aromatic amines is 1. The molecule has 2 N–H and O–H groups in total. The first-order valence-electron chi connectivity index (χ1n) is 6.65. The average molecular weight is 333 g/mol. The van der Waals surface area contributed by atoms with Gasteiger partial charge in [-0.2, -0.15) is 5.26 Å². The molecule has 0 aliphatic heterocycles. The third kappa shape index (κ3) is 4.79. The quantitative estimate of drug-likeness (QED) is 0.757. The summed E-state index contributed by atoms with van der Waals surface area (Å²) in [6.45, 7) is 1.98. The maximum absolute atomic E-state index is 12.0. The van der Waals surface area contributed by atoms with Crippen LogP contribution < -0.4 is 5.32 Å². The van der Waals surface area contributed by atoms with Crippen molar-refractivity contribution in [2.75, 3.05) is 16.8 Å². The van der Waals surface area contributed by atoms with Crippen LogP contribution in [0.2, 0.25) is 0 Å². The summed E-state index contributed by atoms with van der Waals surface area (Å²) in [6.07, 6.45) is 0.781. The van der Waals surface area contributed by atoms with Gasteiger partial charge in [-0.25, -0.2) is 4.98 Å². The molecule has 0 aliphatic rings. The molecule has 0 saturated carbocycles. The number of nitrogens with zero attached hydrogens (tertiary/aromatic N) is 3. The molecule has 0 radical (unpaired) electrons. The summed E-state index contributed by atoms with van der Waals surface area (Å²) in [5.41, 5.74) is 0.720. The molecule has 8 heteroatoms. The monoisotopic (exact) mass is 333 g/mol. The fourth-order valence-electron chi connectivity index (χ4n) is 1.62. The Balaban J connectivity index is 1.90. The summed E-state index contributed by atoms with van der Waals surface area (Å²) >= 11 is 2.68. The second kappa shape index (κ2) is 8.46. The summed E-state index contributed by atoms with van der Waals surface area (Å²) < 4.78 is 0. The molecule has 0 atom stereocenters. The summed E-state index contributed by atoms with van der Waals surface area (Å²) in [5.74, 6) is 1.26. The lowest BCUT2D eigenvalue weighted by molar-refractivity contribution is -0.113. The zero-order chi connectivity index (χ0) is 15.8. The highest BCUT2D eigenvalue weighted by Gasteiger charge is 2.09. The van der Waals surface area contributed by atoms with E-state index in [-0.39, 0.29) is 11.7 Å². The van der Waals surface area contributed by atoms with Gasteiger partial charge in [0.2, 0.25) is 11.1 Å². The number of para-hydroxylation sites is 1. The molecule has 1 heterocycles. The molecule has 0 spiro atoms. The van der Waals surface area contributed by atoms with Crippen molar-refractivity contribution in [3.63, 3.8) is 0 Å². The number of nitriles is 1. The summed E-state index contributed by atoms with van der Waals surface area (Å²) in [4.78, 5) is 17.1. The molecule has 0 aliphatic carbocycles. The number of nitrogens with one attached hydrogen (secondary N) is 2. The average Bonchev–Trinajstić information content (AvgIpc) is 3.00. The van der Waals surface area contributed by atoms with Gasteiger partial charge in [0.1, 0.15) is 5.82 Å². The molecular formula is C14H15N5OS2. The van der Waals surface area contributed by atoms with E-state index >= 15 is 0 Å². The van der Waals surface area contributed by atoms with Gasteiger partial charge in [0.15, 0.2) is 0 Å². The predicted octanol–water partition coefficient (Wildman–Crippen LogP) is 2.71. The summed E-state index contributed by atoms with van der Waals surface area (Å²) in [7, 11) is 0. The number of carbonyl (C=O) groups excluding carboxylic acids is 1. The lowest BCUT2D eigenvalue weighted by atomic mass is 10.3. The zero-order valence-electron chi connectivity index (χ0n) is 12.0. The van der Waals surface area contributed by atoms with Crippen LogP contribution in [0.5, 0.6) is 0 Å². The number of aryl methyl sites for hydroxylation is 1. The molecule has 0 unspecified atom stereocenters. The maximum atomic E-state index is 12.0. The van der Waals surface area contributed by atoms with E-state index in [1.165, 1.54) is 23.5 Å². The second-order valence-corrected chi connectivity index (χ2v) is 6.16. The number of H-pyrrole nitrogens is 1. The third-order valence-electron chi connectivity index (χ3n) is 2.63. The van der Waals surface area contributed by atoms with Crippen molar-refractivity contribution < 1.29 is 4.79 Å². The minimum absolute atomic E-state index is 0.127. The number of rotatable bonds is 7. The standard InChI is InChI=1S/C14H15N5OS2/c1-2-12-17-14(19-18-12)22-9-13(20)16-10-5-3-4-6-11(10)21-8-7-15/h3-6H,2,8-9H2,1H3,(H,16,20)(H,17,18,19). The van der Waals surface area contributed by atoms with E-state index in [2.05, 4.69) is 26.6 Å². The predicted molar refractivity (Wildman–Crippen MR) is 87.9 cm³/mol. The molecule has 114 valence electrons. The molecule has 1 amide bonds. The fourth-order valence-corrected chi connectivity index (χ4v) is 2.91. The van der Waals surface area contributed by atoms with E-state index in [1.807, 2.05) is 31.2 Å². The minimum Gasteiger partial charge on any atom is -0.324 e. The lowest BCUT2D eigenvalue weighted by Crippen LogP contribution is -2.14. The normalized spacial score (nSPS) is 10.2. The maximum Gasteiger partial charge on any atom is 0.234 e. The number of aromatic nitrogens is 3. The highest BCUT2D eigenvalue weighted by atomic mass is 32.2. The first-order chi connectivity index (χ1) is 10.7. The highest BCUT2D eigenvalue weighted by Crippen LogP contribution is 2.26. The molecule has 0 bridgehead atoms. The van der Waals surface area contributed by atoms with Crippen LogP contribution in [0.4, 0.5) is 5.69 Å². The van der Waals surface area contributed by atoms with E-state index in [0.717, 1.165) is 22.8 Å². The van der Waals surface area contributed by atoms with Gasteiger partial charge >= 0.3 is 0 Å². The Morgan fingerprint density at radius 2 is 2.23 bits per heavy atom. The molecule has 2 aromatic rings. The van der Waals surface area contributed by atoms with Gasteiger partial charge in [-0.05, 0) is 12.1 Å². The SMILES string of the molecule is CCc1nc(SCC(=O)Nc2ccccc2SCC#N)n[nH]1. The smallest absolute Gasteiger partial charge is 0.234 e. The number of benzene rings is 1. The molecule has 6 nitrogen and oxygen atoms in total. The third-order valence-corrected chi connectivity index (χ3v) is 4.42. The number of amides is 1. The first kappa shape index (κ1) is 16.4. The van der Waals surface area contributed by atoms with Crippen LogP contribution >= 0.6 is 23.5 Å². The fraction of sp³-hybridized carbons (Fsp3) is 0.286. The Labute approximate surface area is 137 Å². The van der Waals surface area contributed by atoms with Gasteiger partial charge < -0.3 is 5.32 Å². The minimum atomic E-state index is -0.127. The topological polar surface area (TPSA) is 94.5 Å². The first-order valence-corrected chi connectivity index (χ1v) is 8.62. The largest absolute Gasteiger partial charge is 0.324 e. The van der Waals surface area contributed by atoms with Crippen molar-refractivity contribution in [2.24, 2.45) is 0 Å². The van der Waals surface area contributed by atoms with Crippen LogP contribution in [0.25, 0.3) is 0 Å². The molecule has 1 aromatic heterocycles. The Morgan fingerprint density at radius 1 is 1.41 bits per heavy atom. The molecule has 1 aromatic carbocycles. The Bertz CT molecular complexity index is 680. The van der Waals surface area contributed by atoms with E-state index in [1.54, 1.807) is 0 Å².